The van der Waals surface area contributed by atoms with Gasteiger partial charge in [0.2, 0.25) is 21.8 Å². The number of sulfonamides is 1. The minimum atomic E-state index is -3.89. The number of amides is 2. The molecule has 1 aliphatic carbocycles. The van der Waals surface area contributed by atoms with Crippen molar-refractivity contribution >= 4 is 27.8 Å². The van der Waals surface area contributed by atoms with Crippen LogP contribution in [0.5, 0.6) is 0 Å². The molecule has 148 valence electrons. The number of hydrogen-bond donors (Lipinski definition) is 2. The highest BCUT2D eigenvalue weighted by molar-refractivity contribution is 7.89. The van der Waals surface area contributed by atoms with E-state index >= 15 is 0 Å². The van der Waals surface area contributed by atoms with Crippen molar-refractivity contribution in [2.24, 2.45) is 5.92 Å². The fourth-order valence-electron chi connectivity index (χ4n) is 3.44. The standard InChI is InChI=1S/C16H27N3O6S/c1-11(16(22)23)19(8-7-17-12(2)20)26(24,25)14-9-18(10-14)15(21)13-5-3-4-6-13/h11,13-14H,3-10H2,1-2H3,(H,17,20)(H,22,23). The van der Waals surface area contributed by atoms with Crippen LogP contribution in [-0.4, -0.2) is 78.0 Å². The normalized spacial score (nSPS) is 20.0. The van der Waals surface area contributed by atoms with Gasteiger partial charge in [-0.2, -0.15) is 4.31 Å². The first-order chi connectivity index (χ1) is 12.1. The van der Waals surface area contributed by atoms with Gasteiger partial charge in [0.1, 0.15) is 11.3 Å². The van der Waals surface area contributed by atoms with Crippen molar-refractivity contribution < 1.29 is 27.9 Å². The van der Waals surface area contributed by atoms with Crippen molar-refractivity contribution in [1.82, 2.24) is 14.5 Å². The van der Waals surface area contributed by atoms with Crippen LogP contribution in [0.2, 0.25) is 0 Å². The van der Waals surface area contributed by atoms with E-state index in [1.54, 1.807) is 4.90 Å². The van der Waals surface area contributed by atoms with E-state index in [9.17, 15) is 27.9 Å². The highest BCUT2D eigenvalue weighted by atomic mass is 32.2. The van der Waals surface area contributed by atoms with E-state index in [1.807, 2.05) is 0 Å². The quantitative estimate of drug-likeness (QED) is 0.584. The molecule has 1 aliphatic heterocycles. The maximum Gasteiger partial charge on any atom is 0.321 e. The lowest BCUT2D eigenvalue weighted by atomic mass is 10.0. The van der Waals surface area contributed by atoms with Crippen LogP contribution in [0, 0.1) is 5.92 Å². The van der Waals surface area contributed by atoms with Gasteiger partial charge < -0.3 is 15.3 Å². The Morgan fingerprint density at radius 1 is 1.23 bits per heavy atom. The van der Waals surface area contributed by atoms with Gasteiger partial charge in [-0.05, 0) is 19.8 Å². The highest BCUT2D eigenvalue weighted by Gasteiger charge is 2.46. The van der Waals surface area contributed by atoms with Gasteiger partial charge in [0.05, 0.1) is 0 Å². The van der Waals surface area contributed by atoms with Gasteiger partial charge in [0.25, 0.3) is 0 Å². The van der Waals surface area contributed by atoms with Crippen molar-refractivity contribution in [2.45, 2.75) is 50.8 Å². The van der Waals surface area contributed by atoms with E-state index in [2.05, 4.69) is 5.32 Å². The smallest absolute Gasteiger partial charge is 0.321 e. The SMILES string of the molecule is CC(=O)NCCN(C(C)C(=O)O)S(=O)(=O)C1CN(C(=O)C2CCCC2)C1. The Bertz CT molecular complexity index is 653. The maximum atomic E-state index is 12.8. The van der Waals surface area contributed by atoms with E-state index in [-0.39, 0.29) is 43.9 Å². The molecule has 1 heterocycles. The molecule has 26 heavy (non-hydrogen) atoms. The molecule has 2 amide bonds. The highest BCUT2D eigenvalue weighted by Crippen LogP contribution is 2.30. The average Bonchev–Trinajstić information content (AvgIpc) is 3.02. The van der Waals surface area contributed by atoms with Gasteiger partial charge in [-0.25, -0.2) is 8.42 Å². The Morgan fingerprint density at radius 2 is 1.81 bits per heavy atom. The number of aliphatic carboxylic acids is 1. The molecule has 9 nitrogen and oxygen atoms in total. The molecule has 1 unspecified atom stereocenters. The molecule has 1 atom stereocenters. The number of carboxylic acid groups (broad SMARTS) is 1. The molecule has 2 N–H and O–H groups in total. The van der Waals surface area contributed by atoms with Crippen molar-refractivity contribution in [1.29, 1.82) is 0 Å². The monoisotopic (exact) mass is 389 g/mol. The first-order valence-corrected chi connectivity index (χ1v) is 10.4. The number of carbonyl (C=O) groups excluding carboxylic acids is 2. The number of nitrogens with one attached hydrogen (secondary N) is 1. The summed E-state index contributed by atoms with van der Waals surface area (Å²) < 4.78 is 26.6. The Hall–Kier alpha value is -1.68. The van der Waals surface area contributed by atoms with Crippen molar-refractivity contribution in [3.8, 4) is 0 Å². The molecule has 0 spiro atoms. The molecular weight excluding hydrogens is 362 g/mol. The van der Waals surface area contributed by atoms with Crippen LogP contribution in [0.15, 0.2) is 0 Å². The molecule has 1 saturated carbocycles. The van der Waals surface area contributed by atoms with E-state index in [1.165, 1.54) is 13.8 Å². The van der Waals surface area contributed by atoms with Gasteiger partial charge in [0.15, 0.2) is 0 Å². The zero-order valence-corrected chi connectivity index (χ0v) is 16.0. The summed E-state index contributed by atoms with van der Waals surface area (Å²) in [5, 5.41) is 10.9. The topological polar surface area (TPSA) is 124 Å². The third kappa shape index (κ3) is 4.53. The van der Waals surface area contributed by atoms with Crippen LogP contribution in [0.1, 0.15) is 39.5 Å². The summed E-state index contributed by atoms with van der Waals surface area (Å²) in [5.74, 6) is -1.57. The summed E-state index contributed by atoms with van der Waals surface area (Å²) in [4.78, 5) is 36.2. The Balaban J connectivity index is 2.01. The summed E-state index contributed by atoms with van der Waals surface area (Å²) in [5.41, 5.74) is 0. The van der Waals surface area contributed by atoms with Crippen LogP contribution >= 0.6 is 0 Å². The molecule has 10 heteroatoms. The molecule has 2 fully saturated rings. The minimum absolute atomic E-state index is 0.00466. The second-order valence-electron chi connectivity index (χ2n) is 7.00. The van der Waals surface area contributed by atoms with Gasteiger partial charge in [-0.15, -0.1) is 0 Å². The second kappa shape index (κ2) is 8.34. The number of likely N-dealkylation sites (tertiary alicyclic amines) is 1. The van der Waals surface area contributed by atoms with E-state index in [4.69, 9.17) is 0 Å². The number of carbonyl (C=O) groups is 3. The molecule has 0 aromatic carbocycles. The predicted molar refractivity (Wildman–Crippen MR) is 93.7 cm³/mol. The summed E-state index contributed by atoms with van der Waals surface area (Å²) in [7, 11) is -3.89. The Labute approximate surface area is 153 Å². The molecular formula is C16H27N3O6S. The lowest BCUT2D eigenvalue weighted by molar-refractivity contribution is -0.141. The first kappa shape index (κ1) is 20.6. The van der Waals surface area contributed by atoms with Crippen LogP contribution in [0.3, 0.4) is 0 Å². The Morgan fingerprint density at radius 3 is 2.31 bits per heavy atom. The summed E-state index contributed by atoms with van der Waals surface area (Å²) >= 11 is 0. The third-order valence-corrected chi connectivity index (χ3v) is 7.40. The van der Waals surface area contributed by atoms with Gasteiger partial charge >= 0.3 is 5.97 Å². The van der Waals surface area contributed by atoms with E-state index in [0.717, 1.165) is 30.0 Å². The minimum Gasteiger partial charge on any atom is -0.480 e. The van der Waals surface area contributed by atoms with Crippen molar-refractivity contribution in [2.75, 3.05) is 26.2 Å². The van der Waals surface area contributed by atoms with Crippen LogP contribution in [0.4, 0.5) is 0 Å². The first-order valence-electron chi connectivity index (χ1n) is 8.91. The summed E-state index contributed by atoms with van der Waals surface area (Å²) in [6.45, 7) is 2.71. The van der Waals surface area contributed by atoms with E-state index < -0.39 is 27.3 Å². The molecule has 1 saturated heterocycles. The van der Waals surface area contributed by atoms with Crippen LogP contribution in [0.25, 0.3) is 0 Å². The van der Waals surface area contributed by atoms with Crippen molar-refractivity contribution in [3.63, 3.8) is 0 Å². The number of hydrogen-bond acceptors (Lipinski definition) is 5. The molecule has 0 radical (unpaired) electrons. The van der Waals surface area contributed by atoms with Crippen LogP contribution in [-0.2, 0) is 24.4 Å². The largest absolute Gasteiger partial charge is 0.480 e. The Kier molecular flexibility index (Phi) is 6.62. The zero-order valence-electron chi connectivity index (χ0n) is 15.2. The summed E-state index contributed by atoms with van der Waals surface area (Å²) in [6.07, 6.45) is 3.76. The molecule has 2 rings (SSSR count). The van der Waals surface area contributed by atoms with Crippen molar-refractivity contribution in [3.05, 3.63) is 0 Å². The van der Waals surface area contributed by atoms with Crippen LogP contribution < -0.4 is 5.32 Å². The molecule has 0 aromatic rings. The number of nitrogens with zero attached hydrogens (tertiary/aromatic N) is 2. The molecule has 0 aromatic heterocycles. The lowest BCUT2D eigenvalue weighted by Crippen LogP contribution is -2.62. The average molecular weight is 389 g/mol. The lowest BCUT2D eigenvalue weighted by Gasteiger charge is -2.42. The molecule has 0 bridgehead atoms. The number of carboxylic acids is 1. The van der Waals surface area contributed by atoms with E-state index in [0.29, 0.717) is 0 Å². The second-order valence-corrected chi connectivity index (χ2v) is 9.17. The number of rotatable bonds is 8. The summed E-state index contributed by atoms with van der Waals surface area (Å²) in [6, 6.07) is -1.24. The van der Waals surface area contributed by atoms with Gasteiger partial charge in [0, 0.05) is 39.0 Å². The predicted octanol–water partition coefficient (Wildman–Crippen LogP) is -0.372. The maximum absolute atomic E-state index is 12.8. The fourth-order valence-corrected chi connectivity index (χ4v) is 5.43. The van der Waals surface area contributed by atoms with Gasteiger partial charge in [-0.3, -0.25) is 14.4 Å². The fraction of sp³-hybridized carbons (Fsp3) is 0.812. The third-order valence-electron chi connectivity index (χ3n) is 5.11. The zero-order chi connectivity index (χ0) is 19.5. The molecule has 2 aliphatic rings. The van der Waals surface area contributed by atoms with Gasteiger partial charge in [-0.1, -0.05) is 12.8 Å².